The Hall–Kier alpha value is -1.42. The second-order valence-corrected chi connectivity index (χ2v) is 5.03. The van der Waals surface area contributed by atoms with Crippen LogP contribution in [0.25, 0.3) is 0 Å². The van der Waals surface area contributed by atoms with Crippen LogP contribution in [-0.2, 0) is 0 Å². The van der Waals surface area contributed by atoms with E-state index in [4.69, 9.17) is 9.47 Å². The number of benzene rings is 1. The number of rotatable bonds is 5. The SMILES string of the molecule is CCC(C)(CO)CNc1ccc2c(c1)OCCO2. The van der Waals surface area contributed by atoms with E-state index in [-0.39, 0.29) is 12.0 Å². The third-order valence-electron chi connectivity index (χ3n) is 3.50. The maximum Gasteiger partial charge on any atom is 0.163 e. The van der Waals surface area contributed by atoms with Crippen LogP contribution in [0.3, 0.4) is 0 Å². The Labute approximate surface area is 108 Å². The number of ether oxygens (including phenoxy) is 2. The maximum absolute atomic E-state index is 9.37. The van der Waals surface area contributed by atoms with Gasteiger partial charge in [0.25, 0.3) is 0 Å². The minimum Gasteiger partial charge on any atom is -0.486 e. The number of anilines is 1. The molecule has 0 spiro atoms. The van der Waals surface area contributed by atoms with Crippen molar-refractivity contribution in [2.75, 3.05) is 31.7 Å². The van der Waals surface area contributed by atoms with Gasteiger partial charge in [-0.25, -0.2) is 0 Å². The van der Waals surface area contributed by atoms with Gasteiger partial charge in [0.15, 0.2) is 11.5 Å². The van der Waals surface area contributed by atoms with Gasteiger partial charge in [-0.15, -0.1) is 0 Å². The zero-order chi connectivity index (χ0) is 13.0. The summed E-state index contributed by atoms with van der Waals surface area (Å²) in [6, 6.07) is 5.84. The van der Waals surface area contributed by atoms with Crippen molar-refractivity contribution in [3.8, 4) is 11.5 Å². The number of nitrogens with one attached hydrogen (secondary N) is 1. The molecule has 0 fully saturated rings. The van der Waals surface area contributed by atoms with Crippen LogP contribution in [-0.4, -0.2) is 31.5 Å². The Morgan fingerprint density at radius 1 is 1.28 bits per heavy atom. The predicted molar refractivity (Wildman–Crippen MR) is 71.4 cm³/mol. The van der Waals surface area contributed by atoms with Gasteiger partial charge >= 0.3 is 0 Å². The summed E-state index contributed by atoms with van der Waals surface area (Å²) in [4.78, 5) is 0. The molecule has 1 aliphatic rings. The Kier molecular flexibility index (Phi) is 3.97. The summed E-state index contributed by atoms with van der Waals surface area (Å²) in [5, 5.41) is 12.7. The molecule has 0 aliphatic carbocycles. The molecule has 100 valence electrons. The predicted octanol–water partition coefficient (Wildman–Crippen LogP) is 2.28. The smallest absolute Gasteiger partial charge is 0.163 e. The van der Waals surface area contributed by atoms with Gasteiger partial charge in [-0.1, -0.05) is 13.8 Å². The third-order valence-corrected chi connectivity index (χ3v) is 3.50. The summed E-state index contributed by atoms with van der Waals surface area (Å²) < 4.78 is 11.0. The van der Waals surface area contributed by atoms with Gasteiger partial charge in [0, 0.05) is 23.7 Å². The molecule has 2 rings (SSSR count). The summed E-state index contributed by atoms with van der Waals surface area (Å²) in [6.07, 6.45) is 0.932. The summed E-state index contributed by atoms with van der Waals surface area (Å²) in [6.45, 7) is 6.28. The molecule has 0 saturated heterocycles. The number of hydrogen-bond acceptors (Lipinski definition) is 4. The van der Waals surface area contributed by atoms with Crippen molar-refractivity contribution in [2.24, 2.45) is 5.41 Å². The van der Waals surface area contributed by atoms with E-state index in [2.05, 4.69) is 19.2 Å². The van der Waals surface area contributed by atoms with Crippen LogP contribution >= 0.6 is 0 Å². The summed E-state index contributed by atoms with van der Waals surface area (Å²) >= 11 is 0. The van der Waals surface area contributed by atoms with Crippen LogP contribution in [0.15, 0.2) is 18.2 Å². The second kappa shape index (κ2) is 5.48. The molecule has 0 aromatic heterocycles. The maximum atomic E-state index is 9.37. The van der Waals surface area contributed by atoms with Crippen LogP contribution in [0.1, 0.15) is 20.3 Å². The lowest BCUT2D eigenvalue weighted by atomic mass is 9.88. The van der Waals surface area contributed by atoms with Gasteiger partial charge in [0.05, 0.1) is 6.61 Å². The van der Waals surface area contributed by atoms with Crippen molar-refractivity contribution < 1.29 is 14.6 Å². The molecule has 2 N–H and O–H groups in total. The van der Waals surface area contributed by atoms with Crippen molar-refractivity contribution >= 4 is 5.69 Å². The Balaban J connectivity index is 2.02. The standard InChI is InChI=1S/C14H21NO3/c1-3-14(2,10-16)9-15-11-4-5-12-13(8-11)18-7-6-17-12/h4-5,8,15-16H,3,6-7,9-10H2,1-2H3. The first-order valence-electron chi connectivity index (χ1n) is 6.41. The quantitative estimate of drug-likeness (QED) is 0.843. The van der Waals surface area contributed by atoms with Gasteiger partial charge < -0.3 is 19.9 Å². The molecule has 1 aromatic rings. The highest BCUT2D eigenvalue weighted by Gasteiger charge is 2.21. The molecular formula is C14H21NO3. The van der Waals surface area contributed by atoms with Crippen LogP contribution in [0.2, 0.25) is 0 Å². The molecular weight excluding hydrogens is 230 g/mol. The molecule has 0 saturated carbocycles. The molecule has 1 aliphatic heterocycles. The molecule has 1 atom stereocenters. The van der Waals surface area contributed by atoms with Gasteiger partial charge in [0.1, 0.15) is 13.2 Å². The van der Waals surface area contributed by atoms with Crippen LogP contribution < -0.4 is 14.8 Å². The largest absolute Gasteiger partial charge is 0.486 e. The van der Waals surface area contributed by atoms with Gasteiger partial charge in [-0.3, -0.25) is 0 Å². The molecule has 1 aromatic carbocycles. The van der Waals surface area contributed by atoms with E-state index in [1.807, 2.05) is 18.2 Å². The first-order chi connectivity index (χ1) is 8.67. The summed E-state index contributed by atoms with van der Waals surface area (Å²) in [5.41, 5.74) is 0.903. The van der Waals surface area contributed by atoms with E-state index in [0.717, 1.165) is 30.2 Å². The van der Waals surface area contributed by atoms with E-state index < -0.39 is 0 Å². The van der Waals surface area contributed by atoms with Crippen LogP contribution in [0.4, 0.5) is 5.69 Å². The first-order valence-corrected chi connectivity index (χ1v) is 6.41. The first kappa shape index (κ1) is 13.0. The molecule has 0 radical (unpaired) electrons. The fourth-order valence-electron chi connectivity index (χ4n) is 1.76. The molecule has 0 bridgehead atoms. The molecule has 4 nitrogen and oxygen atoms in total. The fourth-order valence-corrected chi connectivity index (χ4v) is 1.76. The van der Waals surface area contributed by atoms with Crippen molar-refractivity contribution in [2.45, 2.75) is 20.3 Å². The number of aliphatic hydroxyl groups excluding tert-OH is 1. The van der Waals surface area contributed by atoms with E-state index >= 15 is 0 Å². The highest BCUT2D eigenvalue weighted by Crippen LogP contribution is 2.33. The topological polar surface area (TPSA) is 50.7 Å². The second-order valence-electron chi connectivity index (χ2n) is 5.03. The normalized spacial score (nSPS) is 17.1. The summed E-state index contributed by atoms with van der Waals surface area (Å²) in [5.74, 6) is 1.58. The average Bonchev–Trinajstić information content (AvgIpc) is 2.44. The molecule has 18 heavy (non-hydrogen) atoms. The summed E-state index contributed by atoms with van der Waals surface area (Å²) in [7, 11) is 0. The minimum atomic E-state index is -0.0900. The van der Waals surface area contributed by atoms with Crippen molar-refractivity contribution in [1.29, 1.82) is 0 Å². The highest BCUT2D eigenvalue weighted by atomic mass is 16.6. The molecule has 1 unspecified atom stereocenters. The number of aliphatic hydroxyl groups is 1. The molecule has 4 heteroatoms. The van der Waals surface area contributed by atoms with Gasteiger partial charge in [-0.2, -0.15) is 0 Å². The van der Waals surface area contributed by atoms with E-state index in [0.29, 0.717) is 13.2 Å². The van der Waals surface area contributed by atoms with E-state index in [9.17, 15) is 5.11 Å². The van der Waals surface area contributed by atoms with Crippen molar-refractivity contribution in [3.05, 3.63) is 18.2 Å². The monoisotopic (exact) mass is 251 g/mol. The molecule has 1 heterocycles. The Bertz CT molecular complexity index is 402. The highest BCUT2D eigenvalue weighted by molar-refractivity contribution is 5.55. The lowest BCUT2D eigenvalue weighted by molar-refractivity contribution is 0.149. The van der Waals surface area contributed by atoms with E-state index in [1.54, 1.807) is 0 Å². The minimum absolute atomic E-state index is 0.0900. The Morgan fingerprint density at radius 2 is 2.00 bits per heavy atom. The lowest BCUT2D eigenvalue weighted by Crippen LogP contribution is -2.29. The van der Waals surface area contributed by atoms with Gasteiger partial charge in [0.2, 0.25) is 0 Å². The number of hydrogen-bond donors (Lipinski definition) is 2. The third kappa shape index (κ3) is 2.88. The zero-order valence-electron chi connectivity index (χ0n) is 11.0. The van der Waals surface area contributed by atoms with Crippen molar-refractivity contribution in [3.63, 3.8) is 0 Å². The zero-order valence-corrected chi connectivity index (χ0v) is 11.0. The van der Waals surface area contributed by atoms with Crippen LogP contribution in [0.5, 0.6) is 11.5 Å². The van der Waals surface area contributed by atoms with Crippen LogP contribution in [0, 0.1) is 5.41 Å². The van der Waals surface area contributed by atoms with Gasteiger partial charge in [-0.05, 0) is 18.6 Å². The average molecular weight is 251 g/mol. The fraction of sp³-hybridized carbons (Fsp3) is 0.571. The lowest BCUT2D eigenvalue weighted by Gasteiger charge is -2.27. The van der Waals surface area contributed by atoms with E-state index in [1.165, 1.54) is 0 Å². The number of fused-ring (bicyclic) bond motifs is 1. The van der Waals surface area contributed by atoms with Crippen molar-refractivity contribution in [1.82, 2.24) is 0 Å². The molecule has 0 amide bonds. The Morgan fingerprint density at radius 3 is 2.67 bits per heavy atom.